The van der Waals surface area contributed by atoms with Gasteiger partial charge >= 0.3 is 5.97 Å². The summed E-state index contributed by atoms with van der Waals surface area (Å²) < 4.78 is 0. The number of hydrogen-bond donors (Lipinski definition) is 3. The average molecular weight is 223 g/mol. The Morgan fingerprint density at radius 3 is 3.00 bits per heavy atom. The molecule has 5 nitrogen and oxygen atoms in total. The van der Waals surface area contributed by atoms with Gasteiger partial charge in [0.1, 0.15) is 0 Å². The molecule has 0 saturated heterocycles. The zero-order valence-electron chi connectivity index (χ0n) is 9.10. The number of carboxylic acid groups (broad SMARTS) is 1. The molecule has 1 unspecified atom stereocenters. The first-order chi connectivity index (χ1) is 7.66. The fourth-order valence-corrected chi connectivity index (χ4v) is 2.48. The Hall–Kier alpha value is -1.36. The smallest absolute Gasteiger partial charge is 0.312 e. The van der Waals surface area contributed by atoms with E-state index in [0.29, 0.717) is 18.0 Å². The molecule has 3 atom stereocenters. The van der Waals surface area contributed by atoms with Crippen molar-refractivity contribution in [3.05, 3.63) is 18.2 Å². The zero-order valence-corrected chi connectivity index (χ0v) is 9.10. The molecule has 0 bridgehead atoms. The first kappa shape index (κ1) is 11.1. The normalized spacial score (nSPS) is 26.8. The monoisotopic (exact) mass is 223 g/mol. The Morgan fingerprint density at radius 1 is 1.69 bits per heavy atom. The van der Waals surface area contributed by atoms with Crippen LogP contribution in [0.1, 0.15) is 37.3 Å². The number of rotatable bonds is 4. The summed E-state index contributed by atoms with van der Waals surface area (Å²) >= 11 is 0. The van der Waals surface area contributed by atoms with E-state index in [4.69, 9.17) is 5.73 Å². The van der Waals surface area contributed by atoms with Crippen molar-refractivity contribution >= 4 is 5.97 Å². The second-order valence-corrected chi connectivity index (χ2v) is 4.57. The molecule has 0 amide bonds. The van der Waals surface area contributed by atoms with E-state index in [9.17, 15) is 9.90 Å². The van der Waals surface area contributed by atoms with E-state index in [1.807, 2.05) is 0 Å². The summed E-state index contributed by atoms with van der Waals surface area (Å²) in [5.74, 6) is -0.832. The molecule has 0 aromatic carbocycles. The van der Waals surface area contributed by atoms with E-state index in [0.717, 1.165) is 19.3 Å². The van der Waals surface area contributed by atoms with Crippen LogP contribution in [0.2, 0.25) is 0 Å². The fourth-order valence-electron chi connectivity index (χ4n) is 2.48. The number of carboxylic acids is 1. The molecule has 1 saturated carbocycles. The van der Waals surface area contributed by atoms with Gasteiger partial charge in [0, 0.05) is 17.9 Å². The molecule has 1 aromatic heterocycles. The molecule has 0 radical (unpaired) electrons. The predicted octanol–water partition coefficient (Wildman–Crippen LogP) is 1.10. The minimum atomic E-state index is -0.787. The van der Waals surface area contributed by atoms with Crippen LogP contribution in [0.15, 0.2) is 12.5 Å². The Bertz CT molecular complexity index is 350. The van der Waals surface area contributed by atoms with Crippen molar-refractivity contribution in [2.75, 3.05) is 0 Å². The van der Waals surface area contributed by atoms with Gasteiger partial charge in [0.05, 0.1) is 12.2 Å². The van der Waals surface area contributed by atoms with E-state index < -0.39 is 11.9 Å². The fraction of sp³-hybridized carbons (Fsp3) is 0.636. The van der Waals surface area contributed by atoms with Crippen molar-refractivity contribution in [1.29, 1.82) is 0 Å². The number of nitrogens with one attached hydrogen (secondary N) is 1. The van der Waals surface area contributed by atoms with Crippen LogP contribution in [-0.2, 0) is 4.79 Å². The number of aromatic amines is 1. The van der Waals surface area contributed by atoms with Gasteiger partial charge in [-0.15, -0.1) is 0 Å². The number of aliphatic carboxylic acids is 1. The number of nitrogens with zero attached hydrogens (tertiary/aromatic N) is 1. The quantitative estimate of drug-likeness (QED) is 0.712. The van der Waals surface area contributed by atoms with Gasteiger partial charge in [-0.05, 0) is 31.6 Å². The molecule has 0 aliphatic heterocycles. The largest absolute Gasteiger partial charge is 0.481 e. The molecule has 1 aliphatic rings. The number of hydrogen-bond acceptors (Lipinski definition) is 3. The molecule has 1 heterocycles. The van der Waals surface area contributed by atoms with Gasteiger partial charge in [-0.3, -0.25) is 4.79 Å². The van der Waals surface area contributed by atoms with E-state index in [-0.39, 0.29) is 6.04 Å². The first-order valence-corrected chi connectivity index (χ1v) is 5.63. The molecule has 88 valence electrons. The van der Waals surface area contributed by atoms with Gasteiger partial charge in [-0.2, -0.15) is 0 Å². The zero-order chi connectivity index (χ0) is 11.5. The molecule has 16 heavy (non-hydrogen) atoms. The minimum absolute atomic E-state index is 0.251. The van der Waals surface area contributed by atoms with E-state index in [1.165, 1.54) is 6.33 Å². The highest BCUT2D eigenvalue weighted by Gasteiger charge is 2.29. The van der Waals surface area contributed by atoms with Gasteiger partial charge in [-0.1, -0.05) is 0 Å². The van der Waals surface area contributed by atoms with Gasteiger partial charge in [0.2, 0.25) is 0 Å². The summed E-state index contributed by atoms with van der Waals surface area (Å²) in [6.07, 6.45) is 6.77. The number of carbonyl (C=O) groups is 1. The van der Waals surface area contributed by atoms with E-state index >= 15 is 0 Å². The van der Waals surface area contributed by atoms with Crippen LogP contribution in [0.3, 0.4) is 0 Å². The van der Waals surface area contributed by atoms with Gasteiger partial charge in [0.25, 0.3) is 0 Å². The molecule has 1 fully saturated rings. The molecule has 5 heteroatoms. The first-order valence-electron chi connectivity index (χ1n) is 5.63. The maximum atomic E-state index is 11.2. The van der Waals surface area contributed by atoms with Gasteiger partial charge in [0.15, 0.2) is 0 Å². The van der Waals surface area contributed by atoms with Crippen LogP contribution in [-0.4, -0.2) is 27.1 Å². The summed E-state index contributed by atoms with van der Waals surface area (Å²) in [7, 11) is 0. The van der Waals surface area contributed by atoms with Crippen LogP contribution in [0.5, 0.6) is 0 Å². The van der Waals surface area contributed by atoms with Crippen LogP contribution >= 0.6 is 0 Å². The molecule has 2 rings (SSSR count). The SMILES string of the molecule is N[C@H]1CC[C@@H](CC(C(=O)O)c2cnc[nH]2)C1. The van der Waals surface area contributed by atoms with Crippen LogP contribution < -0.4 is 5.73 Å². The average Bonchev–Trinajstić information content (AvgIpc) is 2.84. The Kier molecular flexibility index (Phi) is 3.24. The highest BCUT2D eigenvalue weighted by molar-refractivity contribution is 5.75. The predicted molar refractivity (Wildman–Crippen MR) is 58.9 cm³/mol. The Balaban J connectivity index is 2.01. The third kappa shape index (κ3) is 2.41. The lowest BCUT2D eigenvalue weighted by Crippen LogP contribution is -2.18. The maximum Gasteiger partial charge on any atom is 0.312 e. The van der Waals surface area contributed by atoms with Crippen molar-refractivity contribution < 1.29 is 9.90 Å². The summed E-state index contributed by atoms with van der Waals surface area (Å²) in [5.41, 5.74) is 6.52. The van der Waals surface area contributed by atoms with Crippen molar-refractivity contribution in [2.45, 2.75) is 37.6 Å². The number of imidazole rings is 1. The van der Waals surface area contributed by atoms with Crippen molar-refractivity contribution in [3.8, 4) is 0 Å². The lowest BCUT2D eigenvalue weighted by atomic mass is 9.91. The summed E-state index contributed by atoms with van der Waals surface area (Å²) in [4.78, 5) is 17.9. The summed E-state index contributed by atoms with van der Waals surface area (Å²) in [6, 6.07) is 0.251. The number of aromatic nitrogens is 2. The van der Waals surface area contributed by atoms with Crippen LogP contribution in [0, 0.1) is 5.92 Å². The maximum absolute atomic E-state index is 11.2. The number of nitrogens with two attached hydrogens (primary N) is 1. The third-order valence-electron chi connectivity index (χ3n) is 3.34. The third-order valence-corrected chi connectivity index (χ3v) is 3.34. The van der Waals surface area contributed by atoms with Gasteiger partial charge < -0.3 is 15.8 Å². The van der Waals surface area contributed by atoms with Crippen molar-refractivity contribution in [2.24, 2.45) is 11.7 Å². The molecule has 4 N–H and O–H groups in total. The van der Waals surface area contributed by atoms with Crippen LogP contribution in [0.4, 0.5) is 0 Å². The summed E-state index contributed by atoms with van der Waals surface area (Å²) in [6.45, 7) is 0. The molecule has 0 spiro atoms. The highest BCUT2D eigenvalue weighted by atomic mass is 16.4. The second kappa shape index (κ2) is 4.65. The topological polar surface area (TPSA) is 92.0 Å². The molecular formula is C11H17N3O2. The second-order valence-electron chi connectivity index (χ2n) is 4.57. The lowest BCUT2D eigenvalue weighted by Gasteiger charge is -2.15. The molecular weight excluding hydrogens is 206 g/mol. The van der Waals surface area contributed by atoms with E-state index in [1.54, 1.807) is 6.20 Å². The lowest BCUT2D eigenvalue weighted by molar-refractivity contribution is -0.139. The van der Waals surface area contributed by atoms with Crippen molar-refractivity contribution in [1.82, 2.24) is 9.97 Å². The van der Waals surface area contributed by atoms with Gasteiger partial charge in [-0.25, -0.2) is 4.98 Å². The highest BCUT2D eigenvalue weighted by Crippen LogP contribution is 2.33. The standard InChI is InChI=1S/C11H17N3O2/c12-8-2-1-7(3-8)4-9(11(15)16)10-5-13-6-14-10/h5-9H,1-4,12H2,(H,13,14)(H,15,16)/t7-,8+,9?/m1/s1. The van der Waals surface area contributed by atoms with Crippen LogP contribution in [0.25, 0.3) is 0 Å². The summed E-state index contributed by atoms with van der Waals surface area (Å²) in [5, 5.41) is 9.19. The Labute approximate surface area is 94.1 Å². The molecule has 1 aromatic rings. The van der Waals surface area contributed by atoms with E-state index in [2.05, 4.69) is 9.97 Å². The number of H-pyrrole nitrogens is 1. The Morgan fingerprint density at radius 2 is 2.50 bits per heavy atom. The van der Waals surface area contributed by atoms with Crippen molar-refractivity contribution in [3.63, 3.8) is 0 Å². The molecule has 1 aliphatic carbocycles. The minimum Gasteiger partial charge on any atom is -0.481 e.